The summed E-state index contributed by atoms with van der Waals surface area (Å²) in [5.74, 6) is -0.132. The highest BCUT2D eigenvalue weighted by Crippen LogP contribution is 2.22. The van der Waals surface area contributed by atoms with E-state index in [0.717, 1.165) is 5.39 Å². The third-order valence-electron chi connectivity index (χ3n) is 2.29. The van der Waals surface area contributed by atoms with Gasteiger partial charge in [-0.25, -0.2) is 0 Å². The number of carbonyl (C=O) groups is 1. The van der Waals surface area contributed by atoms with Crippen molar-refractivity contribution < 1.29 is 4.79 Å². The van der Waals surface area contributed by atoms with Crippen LogP contribution >= 0.6 is 0 Å². The quantitative estimate of drug-likeness (QED) is 0.657. The lowest BCUT2D eigenvalue weighted by atomic mass is 10.2. The van der Waals surface area contributed by atoms with E-state index in [9.17, 15) is 4.79 Å². The van der Waals surface area contributed by atoms with Gasteiger partial charge in [0.2, 0.25) is 5.91 Å². The molecule has 0 saturated carbocycles. The van der Waals surface area contributed by atoms with Gasteiger partial charge in [-0.2, -0.15) is 5.26 Å². The lowest BCUT2D eigenvalue weighted by Crippen LogP contribution is -2.03. The summed E-state index contributed by atoms with van der Waals surface area (Å²) in [6.07, 6.45) is 1.53. The van der Waals surface area contributed by atoms with Crippen molar-refractivity contribution in [2.24, 2.45) is 0 Å². The van der Waals surface area contributed by atoms with E-state index in [1.54, 1.807) is 18.2 Å². The van der Waals surface area contributed by atoms with E-state index >= 15 is 0 Å². The fourth-order valence-electron chi connectivity index (χ4n) is 1.59. The van der Waals surface area contributed by atoms with Crippen molar-refractivity contribution in [1.82, 2.24) is 4.57 Å². The largest absolute Gasteiger partial charge is 0.399 e. The third kappa shape index (κ3) is 1.34. The summed E-state index contributed by atoms with van der Waals surface area (Å²) >= 11 is 0. The van der Waals surface area contributed by atoms with E-state index in [1.165, 1.54) is 17.7 Å². The molecule has 0 bridgehead atoms. The zero-order valence-electron chi connectivity index (χ0n) is 8.19. The van der Waals surface area contributed by atoms with Gasteiger partial charge < -0.3 is 5.73 Å². The van der Waals surface area contributed by atoms with Crippen LogP contribution in [0.4, 0.5) is 5.69 Å². The Morgan fingerprint density at radius 2 is 2.27 bits per heavy atom. The van der Waals surface area contributed by atoms with Crippen molar-refractivity contribution in [3.05, 3.63) is 30.0 Å². The van der Waals surface area contributed by atoms with Gasteiger partial charge in [0.25, 0.3) is 0 Å². The molecule has 0 spiro atoms. The Morgan fingerprint density at radius 3 is 2.87 bits per heavy atom. The van der Waals surface area contributed by atoms with E-state index in [-0.39, 0.29) is 5.91 Å². The molecule has 2 rings (SSSR count). The average Bonchev–Trinajstić information content (AvgIpc) is 2.55. The highest BCUT2D eigenvalue weighted by atomic mass is 16.1. The number of hydrogen-bond acceptors (Lipinski definition) is 3. The molecule has 0 unspecified atom stereocenters. The molecule has 74 valence electrons. The van der Waals surface area contributed by atoms with Crippen molar-refractivity contribution in [3.63, 3.8) is 0 Å². The van der Waals surface area contributed by atoms with Crippen molar-refractivity contribution in [2.45, 2.75) is 6.92 Å². The number of anilines is 1. The lowest BCUT2D eigenvalue weighted by molar-refractivity contribution is 0.0941. The number of carbonyl (C=O) groups excluding carboxylic acids is 1. The van der Waals surface area contributed by atoms with Crippen molar-refractivity contribution in [3.8, 4) is 6.07 Å². The van der Waals surface area contributed by atoms with E-state index in [4.69, 9.17) is 11.0 Å². The summed E-state index contributed by atoms with van der Waals surface area (Å²) in [4.78, 5) is 11.3. The van der Waals surface area contributed by atoms with Gasteiger partial charge in [0.15, 0.2) is 0 Å². The van der Waals surface area contributed by atoms with Gasteiger partial charge in [-0.15, -0.1) is 0 Å². The number of aromatic nitrogens is 1. The Balaban J connectivity index is 2.89. The summed E-state index contributed by atoms with van der Waals surface area (Å²) in [6, 6.07) is 7.21. The second-order valence-electron chi connectivity index (χ2n) is 3.32. The van der Waals surface area contributed by atoms with Crippen LogP contribution in [0.2, 0.25) is 0 Å². The van der Waals surface area contributed by atoms with Crippen LogP contribution in [-0.2, 0) is 0 Å². The number of fused-ring (bicyclic) bond motifs is 1. The van der Waals surface area contributed by atoms with Gasteiger partial charge in [0.05, 0.1) is 11.1 Å². The first-order valence-electron chi connectivity index (χ1n) is 4.45. The summed E-state index contributed by atoms with van der Waals surface area (Å²) in [5, 5.41) is 9.65. The summed E-state index contributed by atoms with van der Waals surface area (Å²) in [5.41, 5.74) is 7.38. The second-order valence-corrected chi connectivity index (χ2v) is 3.32. The van der Waals surface area contributed by atoms with Crippen LogP contribution in [-0.4, -0.2) is 10.5 Å². The number of nitrogens with two attached hydrogens (primary N) is 1. The molecule has 2 N–H and O–H groups in total. The number of nitrogens with zero attached hydrogens (tertiary/aromatic N) is 2. The van der Waals surface area contributed by atoms with Crippen LogP contribution in [0.25, 0.3) is 10.9 Å². The molecule has 0 saturated heterocycles. The zero-order valence-corrected chi connectivity index (χ0v) is 8.19. The Labute approximate surface area is 86.5 Å². The first-order valence-corrected chi connectivity index (χ1v) is 4.45. The Kier molecular flexibility index (Phi) is 1.94. The molecule has 0 aliphatic rings. The summed E-state index contributed by atoms with van der Waals surface area (Å²) in [6.45, 7) is 1.45. The van der Waals surface area contributed by atoms with Gasteiger partial charge in [0.1, 0.15) is 6.07 Å². The van der Waals surface area contributed by atoms with Gasteiger partial charge in [-0.05, 0) is 18.2 Å². The minimum atomic E-state index is -0.132. The first-order chi connectivity index (χ1) is 7.13. The van der Waals surface area contributed by atoms with Crippen LogP contribution in [0.15, 0.2) is 24.4 Å². The van der Waals surface area contributed by atoms with E-state index < -0.39 is 0 Å². The molecule has 0 radical (unpaired) electrons. The van der Waals surface area contributed by atoms with Gasteiger partial charge in [-0.3, -0.25) is 9.36 Å². The van der Waals surface area contributed by atoms with Crippen LogP contribution in [0.1, 0.15) is 17.3 Å². The predicted octanol–water partition coefficient (Wildman–Crippen LogP) is 1.76. The fraction of sp³-hybridized carbons (Fsp3) is 0.0909. The van der Waals surface area contributed by atoms with Crippen LogP contribution in [0.5, 0.6) is 0 Å². The molecule has 1 aromatic carbocycles. The molecule has 0 aliphatic heterocycles. The summed E-state index contributed by atoms with van der Waals surface area (Å²) < 4.78 is 1.43. The molecule has 4 nitrogen and oxygen atoms in total. The molecule has 1 aromatic heterocycles. The molecule has 0 aliphatic carbocycles. The molecule has 2 aromatic rings. The first kappa shape index (κ1) is 9.28. The molecule has 0 amide bonds. The molecule has 0 fully saturated rings. The normalized spacial score (nSPS) is 10.1. The van der Waals surface area contributed by atoms with Crippen molar-refractivity contribution in [1.29, 1.82) is 5.26 Å². The van der Waals surface area contributed by atoms with Crippen molar-refractivity contribution >= 4 is 22.5 Å². The number of nitrogen functional groups attached to an aromatic ring is 1. The molecular formula is C11H9N3O. The molecule has 1 heterocycles. The monoisotopic (exact) mass is 199 g/mol. The van der Waals surface area contributed by atoms with E-state index in [2.05, 4.69) is 6.07 Å². The Hall–Kier alpha value is -2.28. The van der Waals surface area contributed by atoms with E-state index in [1.807, 2.05) is 0 Å². The maximum Gasteiger partial charge on any atom is 0.227 e. The predicted molar refractivity (Wildman–Crippen MR) is 57.4 cm³/mol. The topological polar surface area (TPSA) is 71.8 Å². The van der Waals surface area contributed by atoms with Gasteiger partial charge >= 0.3 is 0 Å². The molecule has 4 heteroatoms. The standard InChI is InChI=1S/C11H9N3O/c1-7(15)14-6-8(5-12)10-3-2-9(13)4-11(10)14/h2-4,6H,13H2,1H3. The molecule has 15 heavy (non-hydrogen) atoms. The minimum Gasteiger partial charge on any atom is -0.399 e. The fourth-order valence-corrected chi connectivity index (χ4v) is 1.59. The zero-order chi connectivity index (χ0) is 11.0. The smallest absolute Gasteiger partial charge is 0.227 e. The number of hydrogen-bond donors (Lipinski definition) is 1. The molecule has 0 atom stereocenters. The van der Waals surface area contributed by atoms with Crippen molar-refractivity contribution in [2.75, 3.05) is 5.73 Å². The van der Waals surface area contributed by atoms with Crippen LogP contribution in [0.3, 0.4) is 0 Å². The minimum absolute atomic E-state index is 0.132. The number of rotatable bonds is 0. The van der Waals surface area contributed by atoms with Crippen LogP contribution in [0, 0.1) is 11.3 Å². The van der Waals surface area contributed by atoms with Gasteiger partial charge in [-0.1, -0.05) is 0 Å². The maximum absolute atomic E-state index is 11.3. The van der Waals surface area contributed by atoms with E-state index in [0.29, 0.717) is 16.8 Å². The number of nitriles is 1. The lowest BCUT2D eigenvalue weighted by Gasteiger charge is -1.99. The molecular weight excluding hydrogens is 190 g/mol. The average molecular weight is 199 g/mol. The van der Waals surface area contributed by atoms with Gasteiger partial charge in [0, 0.05) is 24.2 Å². The maximum atomic E-state index is 11.3. The SMILES string of the molecule is CC(=O)n1cc(C#N)c2ccc(N)cc21. The number of benzene rings is 1. The third-order valence-corrected chi connectivity index (χ3v) is 2.29. The Morgan fingerprint density at radius 1 is 1.53 bits per heavy atom. The second kappa shape index (κ2) is 3.14. The summed E-state index contributed by atoms with van der Waals surface area (Å²) in [7, 11) is 0. The van der Waals surface area contributed by atoms with Crippen LogP contribution < -0.4 is 5.73 Å². The Bertz CT molecular complexity index is 590. The highest BCUT2D eigenvalue weighted by Gasteiger charge is 2.10. The highest BCUT2D eigenvalue weighted by molar-refractivity contribution is 5.96.